The number of aromatic nitrogens is 2. The van der Waals surface area contributed by atoms with E-state index in [0.717, 1.165) is 11.4 Å². The van der Waals surface area contributed by atoms with Gasteiger partial charge < -0.3 is 0 Å². The van der Waals surface area contributed by atoms with Gasteiger partial charge in [-0.15, -0.1) is 0 Å². The zero-order valence-electron chi connectivity index (χ0n) is 9.07. The molecule has 0 radical (unpaired) electrons. The molecule has 0 unspecified atom stereocenters. The lowest BCUT2D eigenvalue weighted by molar-refractivity contribution is 0.729. The van der Waals surface area contributed by atoms with Crippen molar-refractivity contribution in [2.24, 2.45) is 0 Å². The van der Waals surface area contributed by atoms with E-state index in [0.29, 0.717) is 11.5 Å². The van der Waals surface area contributed by atoms with Crippen LogP contribution in [0.3, 0.4) is 0 Å². The van der Waals surface area contributed by atoms with Gasteiger partial charge in [0.25, 0.3) is 0 Å². The van der Waals surface area contributed by atoms with Crippen LogP contribution in [0.4, 0.5) is 0 Å². The van der Waals surface area contributed by atoms with Crippen LogP contribution >= 0.6 is 0 Å². The maximum atomic E-state index is 8.96. The van der Waals surface area contributed by atoms with Gasteiger partial charge in [0.15, 0.2) is 0 Å². The Kier molecular flexibility index (Phi) is 3.19. The average Bonchev–Trinajstić information content (AvgIpc) is 2.16. The Hall–Kier alpha value is -1.43. The molecule has 0 aliphatic heterocycles. The largest absolute Gasteiger partial charge is 0.192 e. The molecule has 1 heterocycles. The molecule has 1 aromatic heterocycles. The maximum Gasteiger partial charge on any atom is 0.101 e. The van der Waals surface area contributed by atoms with E-state index in [2.05, 4.69) is 16.3 Å². The minimum Gasteiger partial charge on any atom is -0.192 e. The molecular weight excluding hydrogens is 174 g/mol. The van der Waals surface area contributed by atoms with E-state index in [1.165, 1.54) is 0 Å². The smallest absolute Gasteiger partial charge is 0.101 e. The van der Waals surface area contributed by atoms with Crippen LogP contribution in [-0.4, -0.2) is 10.2 Å². The second kappa shape index (κ2) is 4.19. The van der Waals surface area contributed by atoms with Gasteiger partial charge in [-0.05, 0) is 17.9 Å². The van der Waals surface area contributed by atoms with E-state index in [4.69, 9.17) is 5.26 Å². The summed E-state index contributed by atoms with van der Waals surface area (Å²) in [5.74, 6) is 0.564. The molecule has 0 saturated heterocycles. The maximum absolute atomic E-state index is 8.96. The van der Waals surface area contributed by atoms with Crippen molar-refractivity contribution in [3.63, 3.8) is 0 Å². The SMILES string of the molecule is CC(C)c1cc(C#N)c(C(C)C)nn1. The molecule has 0 saturated carbocycles. The van der Waals surface area contributed by atoms with E-state index >= 15 is 0 Å². The van der Waals surface area contributed by atoms with Crippen molar-refractivity contribution in [1.29, 1.82) is 5.26 Å². The van der Waals surface area contributed by atoms with Crippen molar-refractivity contribution in [2.75, 3.05) is 0 Å². The molecule has 0 aliphatic rings. The Morgan fingerprint density at radius 3 is 2.21 bits per heavy atom. The van der Waals surface area contributed by atoms with Gasteiger partial charge in [0.1, 0.15) is 6.07 Å². The van der Waals surface area contributed by atoms with Crippen LogP contribution in [0, 0.1) is 11.3 Å². The monoisotopic (exact) mass is 189 g/mol. The van der Waals surface area contributed by atoms with Crippen LogP contribution in [-0.2, 0) is 0 Å². The third-order valence-electron chi connectivity index (χ3n) is 2.10. The lowest BCUT2D eigenvalue weighted by Crippen LogP contribution is -2.04. The van der Waals surface area contributed by atoms with Crippen LogP contribution < -0.4 is 0 Å². The molecule has 0 spiro atoms. The van der Waals surface area contributed by atoms with E-state index in [1.807, 2.05) is 33.8 Å². The molecule has 0 N–H and O–H groups in total. The first-order valence-corrected chi connectivity index (χ1v) is 4.83. The van der Waals surface area contributed by atoms with Crippen molar-refractivity contribution in [3.8, 4) is 6.07 Å². The molecule has 0 fully saturated rings. The molecule has 1 aromatic rings. The minimum atomic E-state index is 0.248. The first kappa shape index (κ1) is 10.6. The zero-order chi connectivity index (χ0) is 10.7. The highest BCUT2D eigenvalue weighted by atomic mass is 15.1. The molecule has 0 aromatic carbocycles. The van der Waals surface area contributed by atoms with Crippen molar-refractivity contribution < 1.29 is 0 Å². The predicted octanol–water partition coefficient (Wildman–Crippen LogP) is 2.60. The van der Waals surface area contributed by atoms with Crippen LogP contribution in [0.1, 0.15) is 56.5 Å². The summed E-state index contributed by atoms with van der Waals surface area (Å²) in [7, 11) is 0. The van der Waals surface area contributed by atoms with E-state index < -0.39 is 0 Å². The van der Waals surface area contributed by atoms with Gasteiger partial charge in [0.05, 0.1) is 17.0 Å². The summed E-state index contributed by atoms with van der Waals surface area (Å²) >= 11 is 0. The van der Waals surface area contributed by atoms with Gasteiger partial charge in [-0.1, -0.05) is 27.7 Å². The summed E-state index contributed by atoms with van der Waals surface area (Å²) in [5.41, 5.74) is 2.32. The molecule has 14 heavy (non-hydrogen) atoms. The van der Waals surface area contributed by atoms with Crippen LogP contribution in [0.5, 0.6) is 0 Å². The molecule has 74 valence electrons. The third kappa shape index (κ3) is 2.08. The van der Waals surface area contributed by atoms with E-state index in [1.54, 1.807) is 0 Å². The predicted molar refractivity (Wildman–Crippen MR) is 54.9 cm³/mol. The van der Waals surface area contributed by atoms with Crippen molar-refractivity contribution in [2.45, 2.75) is 39.5 Å². The molecule has 0 atom stereocenters. The Balaban J connectivity index is 3.20. The van der Waals surface area contributed by atoms with Gasteiger partial charge in [-0.3, -0.25) is 0 Å². The number of rotatable bonds is 2. The van der Waals surface area contributed by atoms with E-state index in [9.17, 15) is 0 Å². The highest BCUT2D eigenvalue weighted by Crippen LogP contribution is 2.19. The molecule has 3 nitrogen and oxygen atoms in total. The number of hydrogen-bond acceptors (Lipinski definition) is 3. The number of nitriles is 1. The first-order chi connectivity index (χ1) is 6.56. The van der Waals surface area contributed by atoms with E-state index in [-0.39, 0.29) is 5.92 Å². The average molecular weight is 189 g/mol. The minimum absolute atomic E-state index is 0.248. The summed E-state index contributed by atoms with van der Waals surface area (Å²) in [5, 5.41) is 17.2. The standard InChI is InChI=1S/C11H15N3/c1-7(2)10-5-9(6-12)11(8(3)4)14-13-10/h5,7-8H,1-4H3. The fraction of sp³-hybridized carbons (Fsp3) is 0.545. The normalized spacial score (nSPS) is 10.6. The Bertz CT molecular complexity index is 361. The highest BCUT2D eigenvalue weighted by molar-refractivity contribution is 5.35. The third-order valence-corrected chi connectivity index (χ3v) is 2.10. The zero-order valence-corrected chi connectivity index (χ0v) is 9.07. The molecule has 0 amide bonds. The van der Waals surface area contributed by atoms with Crippen molar-refractivity contribution in [3.05, 3.63) is 23.0 Å². The summed E-state index contributed by atoms with van der Waals surface area (Å²) in [4.78, 5) is 0. The first-order valence-electron chi connectivity index (χ1n) is 4.83. The summed E-state index contributed by atoms with van der Waals surface area (Å²) in [6.45, 7) is 8.11. The summed E-state index contributed by atoms with van der Waals surface area (Å²) in [6.07, 6.45) is 0. The Morgan fingerprint density at radius 2 is 1.79 bits per heavy atom. The van der Waals surface area contributed by atoms with Crippen LogP contribution in [0.25, 0.3) is 0 Å². The van der Waals surface area contributed by atoms with Gasteiger partial charge >= 0.3 is 0 Å². The lowest BCUT2D eigenvalue weighted by atomic mass is 10.0. The van der Waals surface area contributed by atoms with Crippen molar-refractivity contribution >= 4 is 0 Å². The summed E-state index contributed by atoms with van der Waals surface area (Å²) < 4.78 is 0. The highest BCUT2D eigenvalue weighted by Gasteiger charge is 2.11. The lowest BCUT2D eigenvalue weighted by Gasteiger charge is -2.08. The van der Waals surface area contributed by atoms with Gasteiger partial charge in [0.2, 0.25) is 0 Å². The molecule has 0 bridgehead atoms. The molecule has 3 heteroatoms. The topological polar surface area (TPSA) is 49.6 Å². The van der Waals surface area contributed by atoms with Gasteiger partial charge in [0, 0.05) is 0 Å². The van der Waals surface area contributed by atoms with Crippen LogP contribution in [0.2, 0.25) is 0 Å². The van der Waals surface area contributed by atoms with Gasteiger partial charge in [-0.2, -0.15) is 15.5 Å². The molecule has 1 rings (SSSR count). The fourth-order valence-corrected chi connectivity index (χ4v) is 1.21. The number of nitrogens with zero attached hydrogens (tertiary/aromatic N) is 3. The molecular formula is C11H15N3. The quantitative estimate of drug-likeness (QED) is 0.718. The second-order valence-corrected chi connectivity index (χ2v) is 3.99. The Labute approximate surface area is 84.8 Å². The Morgan fingerprint density at radius 1 is 1.14 bits per heavy atom. The fourth-order valence-electron chi connectivity index (χ4n) is 1.21. The summed E-state index contributed by atoms with van der Waals surface area (Å²) in [6, 6.07) is 4.01. The van der Waals surface area contributed by atoms with Gasteiger partial charge in [-0.25, -0.2) is 0 Å². The number of hydrogen-bond donors (Lipinski definition) is 0. The van der Waals surface area contributed by atoms with Crippen molar-refractivity contribution in [1.82, 2.24) is 10.2 Å². The van der Waals surface area contributed by atoms with Crippen LogP contribution in [0.15, 0.2) is 6.07 Å². The molecule has 0 aliphatic carbocycles. The second-order valence-electron chi connectivity index (χ2n) is 3.99.